The molecule has 1 saturated carbocycles. The van der Waals surface area contributed by atoms with Gasteiger partial charge < -0.3 is 15.1 Å². The predicted octanol–water partition coefficient (Wildman–Crippen LogP) is 3.37. The second-order valence-corrected chi connectivity index (χ2v) is 9.32. The number of pyridine rings is 1. The third-order valence-electron chi connectivity index (χ3n) is 7.46. The van der Waals surface area contributed by atoms with Crippen LogP contribution in [0.5, 0.6) is 0 Å². The van der Waals surface area contributed by atoms with Crippen LogP contribution in [0.1, 0.15) is 42.4 Å². The third kappa shape index (κ3) is 4.29. The van der Waals surface area contributed by atoms with Gasteiger partial charge >= 0.3 is 6.03 Å². The van der Waals surface area contributed by atoms with Crippen molar-refractivity contribution in [3.05, 3.63) is 65.5 Å². The molecule has 162 valence electrons. The van der Waals surface area contributed by atoms with Crippen LogP contribution in [-0.4, -0.2) is 46.4 Å². The summed E-state index contributed by atoms with van der Waals surface area (Å²) in [5.41, 5.74) is 3.89. The molecule has 1 aromatic heterocycles. The van der Waals surface area contributed by atoms with Gasteiger partial charge in [-0.1, -0.05) is 30.3 Å². The van der Waals surface area contributed by atoms with Crippen molar-refractivity contribution in [2.24, 2.45) is 11.3 Å². The van der Waals surface area contributed by atoms with Gasteiger partial charge in [0.1, 0.15) is 0 Å². The van der Waals surface area contributed by atoms with E-state index < -0.39 is 0 Å². The van der Waals surface area contributed by atoms with Crippen molar-refractivity contribution in [1.29, 1.82) is 0 Å². The van der Waals surface area contributed by atoms with Crippen LogP contribution in [0, 0.1) is 11.3 Å². The Hall–Kier alpha value is -2.89. The molecule has 3 aliphatic rings. The number of piperidine rings is 1. The Morgan fingerprint density at radius 1 is 1.03 bits per heavy atom. The van der Waals surface area contributed by atoms with E-state index in [2.05, 4.69) is 22.4 Å². The number of urea groups is 1. The number of fused-ring (bicyclic) bond motifs is 1. The molecule has 2 aliphatic heterocycles. The molecule has 1 unspecified atom stereocenters. The summed E-state index contributed by atoms with van der Waals surface area (Å²) in [5, 5.41) is 3.15. The SMILES string of the molecule is O=C(CCc1ccccc1)N1CCC2(CC1)CC2CNC(=O)N1Cc2ccncc2C1. The minimum Gasteiger partial charge on any atom is -0.343 e. The first-order valence-electron chi connectivity index (χ1n) is 11.4. The summed E-state index contributed by atoms with van der Waals surface area (Å²) >= 11 is 0. The molecule has 2 fully saturated rings. The number of carbonyl (C=O) groups is 2. The van der Waals surface area contributed by atoms with Crippen molar-refractivity contribution < 1.29 is 9.59 Å². The van der Waals surface area contributed by atoms with E-state index in [1.54, 1.807) is 6.20 Å². The lowest BCUT2D eigenvalue weighted by molar-refractivity contribution is -0.132. The normalized spacial score (nSPS) is 21.1. The molecule has 0 radical (unpaired) electrons. The van der Waals surface area contributed by atoms with Crippen LogP contribution in [0.4, 0.5) is 4.79 Å². The molecule has 0 bridgehead atoms. The molecule has 3 heterocycles. The van der Waals surface area contributed by atoms with Gasteiger partial charge in [0.05, 0.1) is 0 Å². The van der Waals surface area contributed by atoms with E-state index in [1.807, 2.05) is 40.3 Å². The minimum absolute atomic E-state index is 0.0202. The van der Waals surface area contributed by atoms with Crippen LogP contribution in [0.15, 0.2) is 48.8 Å². The Kier molecular flexibility index (Phi) is 5.38. The van der Waals surface area contributed by atoms with Gasteiger partial charge in [0.2, 0.25) is 5.91 Å². The highest BCUT2D eigenvalue weighted by molar-refractivity contribution is 5.76. The maximum Gasteiger partial charge on any atom is 0.318 e. The highest BCUT2D eigenvalue weighted by atomic mass is 16.2. The lowest BCUT2D eigenvalue weighted by Gasteiger charge is -2.33. The average molecular weight is 419 g/mol. The van der Waals surface area contributed by atoms with E-state index in [4.69, 9.17) is 0 Å². The van der Waals surface area contributed by atoms with Crippen LogP contribution in [0.3, 0.4) is 0 Å². The quantitative estimate of drug-likeness (QED) is 0.810. The Bertz CT molecular complexity index is 928. The number of likely N-dealkylation sites (tertiary alicyclic amines) is 1. The fourth-order valence-electron chi connectivity index (χ4n) is 5.27. The second kappa shape index (κ2) is 8.33. The van der Waals surface area contributed by atoms with Crippen molar-refractivity contribution in [2.45, 2.75) is 45.2 Å². The average Bonchev–Trinajstić information content (AvgIpc) is 3.28. The standard InChI is InChI=1S/C25H30N4O2/c30-23(7-6-19-4-2-1-3-5-19)28-12-9-25(10-13-28)14-22(25)16-27-24(31)29-17-20-8-11-26-15-21(20)18-29/h1-5,8,11,15,22H,6-7,9-10,12-14,16-18H2,(H,27,31). The highest BCUT2D eigenvalue weighted by Crippen LogP contribution is 2.59. The van der Waals surface area contributed by atoms with E-state index in [1.165, 1.54) is 17.5 Å². The Morgan fingerprint density at radius 3 is 2.58 bits per heavy atom. The van der Waals surface area contributed by atoms with Crippen LogP contribution < -0.4 is 5.32 Å². The number of carbonyl (C=O) groups excluding carboxylic acids is 2. The van der Waals surface area contributed by atoms with Gasteiger partial charge in [-0.25, -0.2) is 4.79 Å². The summed E-state index contributed by atoms with van der Waals surface area (Å²) in [6, 6.07) is 12.2. The molecule has 2 aromatic rings. The molecule has 1 aliphatic carbocycles. The molecule has 1 aromatic carbocycles. The second-order valence-electron chi connectivity index (χ2n) is 9.32. The summed E-state index contributed by atoms with van der Waals surface area (Å²) < 4.78 is 0. The highest BCUT2D eigenvalue weighted by Gasteiger charge is 2.54. The van der Waals surface area contributed by atoms with E-state index >= 15 is 0 Å². The van der Waals surface area contributed by atoms with Crippen molar-refractivity contribution in [3.8, 4) is 0 Å². The summed E-state index contributed by atoms with van der Waals surface area (Å²) in [6.07, 6.45) is 8.33. The molecule has 31 heavy (non-hydrogen) atoms. The van der Waals surface area contributed by atoms with Gasteiger partial charge in [-0.05, 0) is 59.8 Å². The molecule has 1 atom stereocenters. The molecule has 1 saturated heterocycles. The molecule has 3 amide bonds. The zero-order valence-electron chi connectivity index (χ0n) is 17.9. The third-order valence-corrected chi connectivity index (χ3v) is 7.46. The number of rotatable bonds is 5. The van der Waals surface area contributed by atoms with E-state index in [0.29, 0.717) is 30.8 Å². The number of aryl methyl sites for hydroxylation is 1. The van der Waals surface area contributed by atoms with Crippen LogP contribution in [0.25, 0.3) is 0 Å². The minimum atomic E-state index is 0.0202. The first-order chi connectivity index (χ1) is 15.1. The van der Waals surface area contributed by atoms with Crippen molar-refractivity contribution in [1.82, 2.24) is 20.1 Å². The monoisotopic (exact) mass is 418 g/mol. The van der Waals surface area contributed by atoms with Gasteiger partial charge in [0.15, 0.2) is 0 Å². The van der Waals surface area contributed by atoms with E-state index in [9.17, 15) is 9.59 Å². The Labute approximate surface area is 183 Å². The topological polar surface area (TPSA) is 65.5 Å². The maximum absolute atomic E-state index is 12.6. The lowest BCUT2D eigenvalue weighted by atomic mass is 9.90. The number of amides is 3. The Morgan fingerprint density at radius 2 is 1.81 bits per heavy atom. The number of benzene rings is 1. The molecule has 6 heteroatoms. The number of aromatic nitrogens is 1. The molecule has 5 rings (SSSR count). The van der Waals surface area contributed by atoms with E-state index in [0.717, 1.165) is 44.5 Å². The van der Waals surface area contributed by atoms with Gasteiger partial charge in [-0.3, -0.25) is 9.78 Å². The molecule has 1 N–H and O–H groups in total. The van der Waals surface area contributed by atoms with Gasteiger partial charge in [0, 0.05) is 51.5 Å². The largest absolute Gasteiger partial charge is 0.343 e. The van der Waals surface area contributed by atoms with Crippen molar-refractivity contribution in [3.63, 3.8) is 0 Å². The number of nitrogens with zero attached hydrogens (tertiary/aromatic N) is 3. The van der Waals surface area contributed by atoms with Gasteiger partial charge in [0.25, 0.3) is 0 Å². The lowest BCUT2D eigenvalue weighted by Crippen LogP contribution is -2.41. The zero-order chi connectivity index (χ0) is 21.3. The fraction of sp³-hybridized carbons (Fsp3) is 0.480. The van der Waals surface area contributed by atoms with Crippen LogP contribution >= 0.6 is 0 Å². The van der Waals surface area contributed by atoms with Crippen molar-refractivity contribution >= 4 is 11.9 Å². The van der Waals surface area contributed by atoms with Crippen LogP contribution in [-0.2, 0) is 24.3 Å². The molecular formula is C25H30N4O2. The predicted molar refractivity (Wildman–Crippen MR) is 118 cm³/mol. The number of hydrogen-bond acceptors (Lipinski definition) is 3. The summed E-state index contributed by atoms with van der Waals surface area (Å²) in [6.45, 7) is 3.76. The first-order valence-corrected chi connectivity index (χ1v) is 11.4. The van der Waals surface area contributed by atoms with Crippen LogP contribution in [0.2, 0.25) is 0 Å². The molecule has 1 spiro atoms. The first kappa shape index (κ1) is 20.0. The van der Waals surface area contributed by atoms with Gasteiger partial charge in [-0.15, -0.1) is 0 Å². The Balaban J connectivity index is 1.04. The van der Waals surface area contributed by atoms with E-state index in [-0.39, 0.29) is 11.9 Å². The maximum atomic E-state index is 12.6. The smallest absolute Gasteiger partial charge is 0.318 e. The zero-order valence-corrected chi connectivity index (χ0v) is 17.9. The number of nitrogens with one attached hydrogen (secondary N) is 1. The fourth-order valence-corrected chi connectivity index (χ4v) is 5.27. The summed E-state index contributed by atoms with van der Waals surface area (Å²) in [7, 11) is 0. The van der Waals surface area contributed by atoms with Crippen molar-refractivity contribution in [2.75, 3.05) is 19.6 Å². The van der Waals surface area contributed by atoms with Gasteiger partial charge in [-0.2, -0.15) is 0 Å². The molecule has 6 nitrogen and oxygen atoms in total. The summed E-state index contributed by atoms with van der Waals surface area (Å²) in [5.74, 6) is 0.817. The molecular weight excluding hydrogens is 388 g/mol. The number of hydrogen-bond donors (Lipinski definition) is 1. The summed E-state index contributed by atoms with van der Waals surface area (Å²) in [4.78, 5) is 33.2.